The van der Waals surface area contributed by atoms with Crippen molar-refractivity contribution in [3.8, 4) is 0 Å². The smallest absolute Gasteiger partial charge is 0.324 e. The van der Waals surface area contributed by atoms with Crippen LogP contribution in [0.4, 0.5) is 0 Å². The van der Waals surface area contributed by atoms with Crippen LogP contribution >= 0.6 is 22.8 Å². The van der Waals surface area contributed by atoms with Crippen molar-refractivity contribution in [3.05, 3.63) is 0 Å². The second kappa shape index (κ2) is 12.7. The van der Waals surface area contributed by atoms with Crippen LogP contribution in [-0.4, -0.2) is 47.8 Å². The Morgan fingerprint density at radius 2 is 0.632 bits per heavy atom. The molecule has 0 aromatic carbocycles. The average Bonchev–Trinajstić information content (AvgIpc) is 2.16. The molecule has 13 heteroatoms. The molecule has 0 atom stereocenters. The van der Waals surface area contributed by atoms with Gasteiger partial charge in [0, 0.05) is 35.6 Å². The first-order chi connectivity index (χ1) is 7.68. The molecule has 0 bridgehead atoms. The Bertz CT molecular complexity index is 277. The van der Waals surface area contributed by atoms with E-state index < -0.39 is 22.8 Å². The maximum atomic E-state index is 9.69. The first-order valence-electron chi connectivity index (χ1n) is 4.82. The molecular weight excluding hydrogens is 365 g/mol. The zero-order valence-corrected chi connectivity index (χ0v) is 14.5. The van der Waals surface area contributed by atoms with E-state index in [0.717, 1.165) is 0 Å². The second-order valence-corrected chi connectivity index (χ2v) is 8.83. The molecule has 0 aliphatic rings. The number of rotatable bonds is 3. The van der Waals surface area contributed by atoms with E-state index in [0.29, 0.717) is 0 Å². The van der Waals surface area contributed by atoms with Gasteiger partial charge in [0.2, 0.25) is 0 Å². The van der Waals surface area contributed by atoms with E-state index in [4.69, 9.17) is 29.4 Å². The van der Waals surface area contributed by atoms with Crippen molar-refractivity contribution < 1.29 is 60.1 Å². The molecule has 0 unspecified atom stereocenters. The zero-order valence-electron chi connectivity index (χ0n) is 10.7. The Hall–Kier alpha value is 0.969. The maximum Gasteiger partial charge on any atom is 0.325 e. The molecule has 0 amide bonds. The molecule has 0 saturated heterocycles. The second-order valence-electron chi connectivity index (χ2n) is 2.94. The fourth-order valence-corrected chi connectivity index (χ4v) is 0. The molecule has 0 rings (SSSR count). The molecule has 19 heavy (non-hydrogen) atoms. The molecule has 0 spiro atoms. The van der Waals surface area contributed by atoms with Crippen LogP contribution < -0.4 is 0 Å². The van der Waals surface area contributed by atoms with Gasteiger partial charge >= 0.3 is 22.8 Å². The van der Waals surface area contributed by atoms with Crippen molar-refractivity contribution in [3.63, 3.8) is 0 Å². The van der Waals surface area contributed by atoms with Crippen LogP contribution in [0.3, 0.4) is 0 Å². The molecule has 9 nitrogen and oxygen atoms in total. The average molecular weight is 386 g/mol. The van der Waals surface area contributed by atoms with Gasteiger partial charge in [-0.25, -0.2) is 0 Å². The summed E-state index contributed by atoms with van der Waals surface area (Å²) < 4.78 is 29.1. The van der Waals surface area contributed by atoms with Crippen LogP contribution in [0.5, 0.6) is 0 Å². The predicted molar refractivity (Wildman–Crippen MR) is 67.8 cm³/mol. The van der Waals surface area contributed by atoms with E-state index in [1.54, 1.807) is 0 Å². The fraction of sp³-hybridized carbons (Fsp3) is 1.00. The Morgan fingerprint density at radius 3 is 0.632 bits per heavy atom. The van der Waals surface area contributed by atoms with Gasteiger partial charge in [-0.2, -0.15) is 0 Å². The minimum Gasteiger partial charge on any atom is -0.324 e. The van der Waals surface area contributed by atoms with Crippen LogP contribution in [0.15, 0.2) is 0 Å². The molecular formula is C6H21FeO9P3. The molecule has 6 N–H and O–H groups in total. The summed E-state index contributed by atoms with van der Waals surface area (Å²) in [5.74, 6) is 0. The van der Waals surface area contributed by atoms with Gasteiger partial charge in [0.1, 0.15) is 0 Å². The first kappa shape index (κ1) is 28.2. The molecule has 122 valence electrons. The van der Waals surface area contributed by atoms with Gasteiger partial charge in [-0.05, 0) is 0 Å². The van der Waals surface area contributed by atoms with Crippen molar-refractivity contribution in [2.24, 2.45) is 0 Å². The van der Waals surface area contributed by atoms with Crippen LogP contribution in [0.1, 0.15) is 20.8 Å². The van der Waals surface area contributed by atoms with E-state index in [-0.39, 0.29) is 35.6 Å². The maximum absolute atomic E-state index is 9.69. The van der Waals surface area contributed by atoms with E-state index in [2.05, 4.69) is 0 Å². The van der Waals surface area contributed by atoms with Crippen molar-refractivity contribution in [1.29, 1.82) is 0 Å². The van der Waals surface area contributed by atoms with Crippen LogP contribution in [0.25, 0.3) is 0 Å². The number of hydrogen-bond donors (Lipinski definition) is 6. The Kier molecular flexibility index (Phi) is 18.8. The third kappa shape index (κ3) is 55.0. The van der Waals surface area contributed by atoms with Crippen LogP contribution in [0, 0.1) is 0 Å². The topological polar surface area (TPSA) is 173 Å². The molecule has 0 fully saturated rings. The van der Waals surface area contributed by atoms with E-state index in [1.165, 1.54) is 20.8 Å². The summed E-state index contributed by atoms with van der Waals surface area (Å²) in [6.07, 6.45) is -0.188. The summed E-state index contributed by atoms with van der Waals surface area (Å²) in [6.45, 7) is 4.34. The van der Waals surface area contributed by atoms with Gasteiger partial charge in [-0.3, -0.25) is 13.7 Å². The standard InChI is InChI=1S/3C2H7O3P.Fe/c3*1-2-6(3,4)5;/h3*2H2,1H3,(H2,3,4,5);. The van der Waals surface area contributed by atoms with Gasteiger partial charge in [0.25, 0.3) is 0 Å². The van der Waals surface area contributed by atoms with Gasteiger partial charge in [-0.15, -0.1) is 0 Å². The van der Waals surface area contributed by atoms with Crippen molar-refractivity contribution in [1.82, 2.24) is 0 Å². The minimum atomic E-state index is -3.65. The monoisotopic (exact) mass is 386 g/mol. The summed E-state index contributed by atoms with van der Waals surface area (Å²) in [7, 11) is -10.9. The van der Waals surface area contributed by atoms with Crippen molar-refractivity contribution in [2.75, 3.05) is 18.5 Å². The zero-order chi connectivity index (χ0) is 15.6. The largest absolute Gasteiger partial charge is 0.325 e. The number of hydrogen-bond acceptors (Lipinski definition) is 3. The van der Waals surface area contributed by atoms with Crippen molar-refractivity contribution >= 4 is 22.8 Å². The quantitative estimate of drug-likeness (QED) is 0.299. The summed E-state index contributed by atoms with van der Waals surface area (Å²) in [5.41, 5.74) is 0. The van der Waals surface area contributed by atoms with Gasteiger partial charge in [0.05, 0.1) is 0 Å². The van der Waals surface area contributed by atoms with E-state index in [1.807, 2.05) is 0 Å². The first-order valence-corrected chi connectivity index (χ1v) is 10.2. The molecule has 0 radical (unpaired) electrons. The molecule has 0 heterocycles. The van der Waals surface area contributed by atoms with Gasteiger partial charge < -0.3 is 29.4 Å². The molecule has 0 aliphatic carbocycles. The Morgan fingerprint density at radius 1 is 0.579 bits per heavy atom. The van der Waals surface area contributed by atoms with Crippen molar-refractivity contribution in [2.45, 2.75) is 20.8 Å². The summed E-state index contributed by atoms with van der Waals surface area (Å²) in [6, 6.07) is 0. The SMILES string of the molecule is CCP(=O)(O)O.CCP(=O)(O)O.CCP(=O)(O)O.[Fe]. The minimum absolute atomic E-state index is 0. The molecule has 0 saturated carbocycles. The third-order valence-corrected chi connectivity index (χ3v) is 3.71. The van der Waals surface area contributed by atoms with E-state index in [9.17, 15) is 13.7 Å². The summed E-state index contributed by atoms with van der Waals surface area (Å²) in [5, 5.41) is 0. The normalized spacial score (nSPS) is 11.2. The summed E-state index contributed by atoms with van der Waals surface area (Å²) >= 11 is 0. The molecule has 0 aliphatic heterocycles. The molecule has 0 aromatic heterocycles. The van der Waals surface area contributed by atoms with E-state index >= 15 is 0 Å². The summed E-state index contributed by atoms with van der Waals surface area (Å²) in [4.78, 5) is 47.6. The fourth-order valence-electron chi connectivity index (χ4n) is 0. The predicted octanol–water partition coefficient (Wildman–Crippen LogP) is 0.549. The Labute approximate surface area is 122 Å². The van der Waals surface area contributed by atoms with Crippen LogP contribution in [0.2, 0.25) is 0 Å². The Balaban J connectivity index is -0.0000000865. The van der Waals surface area contributed by atoms with Gasteiger partial charge in [-0.1, -0.05) is 20.8 Å². The van der Waals surface area contributed by atoms with Gasteiger partial charge in [0.15, 0.2) is 0 Å². The third-order valence-electron chi connectivity index (χ3n) is 1.24. The van der Waals surface area contributed by atoms with Crippen LogP contribution in [-0.2, 0) is 30.8 Å². The molecule has 0 aromatic rings.